The molecule has 2 aromatic carbocycles. The van der Waals surface area contributed by atoms with E-state index in [0.717, 1.165) is 19.2 Å². The van der Waals surface area contributed by atoms with Gasteiger partial charge in [0.15, 0.2) is 11.6 Å². The molecule has 4 rings (SSSR count). The van der Waals surface area contributed by atoms with Gasteiger partial charge in [-0.2, -0.15) is 13.2 Å². The number of aromatic nitrogens is 2. The van der Waals surface area contributed by atoms with Crippen molar-refractivity contribution < 1.29 is 13.2 Å². The summed E-state index contributed by atoms with van der Waals surface area (Å²) in [5, 5.41) is 0. The van der Waals surface area contributed by atoms with Crippen molar-refractivity contribution in [3.63, 3.8) is 0 Å². The molecule has 0 unspecified atom stereocenters. The predicted octanol–water partition coefficient (Wildman–Crippen LogP) is 3.84. The average Bonchev–Trinajstić information content (AvgIpc) is 2.81. The van der Waals surface area contributed by atoms with Gasteiger partial charge in [0.25, 0.3) is 0 Å². The molecule has 4 N–H and O–H groups in total. The first-order chi connectivity index (χ1) is 16.1. The first-order valence-corrected chi connectivity index (χ1v) is 10.8. The molecule has 1 saturated heterocycles. The molecular weight excluding hydrogens is 443 g/mol. The van der Waals surface area contributed by atoms with E-state index in [2.05, 4.69) is 19.9 Å². The summed E-state index contributed by atoms with van der Waals surface area (Å²) in [5.41, 5.74) is 13.0. The van der Waals surface area contributed by atoms with Crippen molar-refractivity contribution in [1.82, 2.24) is 14.9 Å². The van der Waals surface area contributed by atoms with E-state index in [1.54, 1.807) is 31.2 Å². The number of hydrogen-bond donors (Lipinski definition) is 2. The first-order valence-electron chi connectivity index (χ1n) is 10.8. The van der Waals surface area contributed by atoms with Gasteiger partial charge in [-0.25, -0.2) is 15.0 Å². The molecule has 0 aliphatic carbocycles. The van der Waals surface area contributed by atoms with Crippen LogP contribution in [-0.4, -0.2) is 53.9 Å². The van der Waals surface area contributed by atoms with E-state index in [-0.39, 0.29) is 23.0 Å². The number of hydrogen-bond acceptors (Lipinski definition) is 6. The molecule has 1 aromatic heterocycles. The molecule has 0 amide bonds. The maximum Gasteiger partial charge on any atom is 0.417 e. The van der Waals surface area contributed by atoms with E-state index in [0.29, 0.717) is 35.7 Å². The number of aliphatic imine (C=N–C) groups is 1. The smallest absolute Gasteiger partial charge is 0.398 e. The summed E-state index contributed by atoms with van der Waals surface area (Å²) in [7, 11) is 2.02. The number of benzene rings is 2. The number of nitrogen functional groups attached to an aromatic ring is 1. The molecule has 0 radical (unpaired) electrons. The minimum absolute atomic E-state index is 0.0555. The fourth-order valence-corrected chi connectivity index (χ4v) is 3.88. The molecule has 0 bridgehead atoms. The molecule has 10 heteroatoms. The van der Waals surface area contributed by atoms with E-state index in [1.165, 1.54) is 18.2 Å². The molecule has 1 aliphatic rings. The number of amidine groups is 1. The van der Waals surface area contributed by atoms with Crippen LogP contribution in [0.2, 0.25) is 0 Å². The first kappa shape index (κ1) is 23.5. The van der Waals surface area contributed by atoms with Crippen molar-refractivity contribution in [3.8, 4) is 11.4 Å². The monoisotopic (exact) mass is 469 g/mol. The third-order valence-corrected chi connectivity index (χ3v) is 5.83. The Morgan fingerprint density at radius 1 is 0.971 bits per heavy atom. The zero-order chi connectivity index (χ0) is 24.5. The Kier molecular flexibility index (Phi) is 6.43. The highest BCUT2D eigenvalue weighted by Crippen LogP contribution is 2.38. The van der Waals surface area contributed by atoms with Gasteiger partial charge in [0, 0.05) is 48.6 Å². The van der Waals surface area contributed by atoms with Crippen LogP contribution in [-0.2, 0) is 6.18 Å². The van der Waals surface area contributed by atoms with Crippen LogP contribution >= 0.6 is 0 Å². The SMILES string of the molecule is Cc1c(/N=C(\N)c2ccccc2N)nc(-c2ccccc2C(F)(F)F)nc1N1CCN(C)CC1. The molecule has 7 nitrogen and oxygen atoms in total. The van der Waals surface area contributed by atoms with Crippen LogP contribution in [0.25, 0.3) is 11.4 Å². The van der Waals surface area contributed by atoms with Crippen LogP contribution in [0.3, 0.4) is 0 Å². The molecule has 2 heterocycles. The zero-order valence-corrected chi connectivity index (χ0v) is 19.0. The molecule has 0 atom stereocenters. The molecule has 1 fully saturated rings. The van der Waals surface area contributed by atoms with Crippen LogP contribution in [0.4, 0.5) is 30.5 Å². The van der Waals surface area contributed by atoms with Crippen LogP contribution in [0, 0.1) is 6.92 Å². The molecule has 3 aromatic rings. The van der Waals surface area contributed by atoms with E-state index in [9.17, 15) is 13.2 Å². The van der Waals surface area contributed by atoms with Gasteiger partial charge in [-0.05, 0) is 32.2 Å². The summed E-state index contributed by atoms with van der Waals surface area (Å²) in [5.74, 6) is 0.818. The second-order valence-corrected chi connectivity index (χ2v) is 8.24. The Morgan fingerprint density at radius 3 is 2.29 bits per heavy atom. The highest BCUT2D eigenvalue weighted by Gasteiger charge is 2.34. The second-order valence-electron chi connectivity index (χ2n) is 8.24. The summed E-state index contributed by atoms with van der Waals surface area (Å²) in [6.07, 6.45) is -4.56. The number of piperazine rings is 1. The number of nitrogens with zero attached hydrogens (tertiary/aromatic N) is 5. The van der Waals surface area contributed by atoms with E-state index < -0.39 is 11.7 Å². The number of anilines is 2. The maximum atomic E-state index is 13.8. The van der Waals surface area contributed by atoms with Crippen molar-refractivity contribution >= 4 is 23.2 Å². The zero-order valence-electron chi connectivity index (χ0n) is 19.0. The molecule has 178 valence electrons. The fourth-order valence-electron chi connectivity index (χ4n) is 3.88. The van der Waals surface area contributed by atoms with E-state index in [4.69, 9.17) is 11.5 Å². The Hall–Kier alpha value is -3.66. The number of para-hydroxylation sites is 1. The lowest BCUT2D eigenvalue weighted by Crippen LogP contribution is -2.45. The number of alkyl halides is 3. The van der Waals surface area contributed by atoms with Crippen LogP contribution in [0.15, 0.2) is 53.5 Å². The van der Waals surface area contributed by atoms with Crippen molar-refractivity contribution in [2.75, 3.05) is 43.9 Å². The van der Waals surface area contributed by atoms with Crippen molar-refractivity contribution in [2.24, 2.45) is 10.7 Å². The maximum absolute atomic E-state index is 13.8. The van der Waals surface area contributed by atoms with Gasteiger partial charge < -0.3 is 21.3 Å². The van der Waals surface area contributed by atoms with Gasteiger partial charge in [0.1, 0.15) is 11.7 Å². The van der Waals surface area contributed by atoms with Gasteiger partial charge in [-0.1, -0.05) is 30.3 Å². The summed E-state index contributed by atoms with van der Waals surface area (Å²) >= 11 is 0. The summed E-state index contributed by atoms with van der Waals surface area (Å²) in [4.78, 5) is 17.7. The highest BCUT2D eigenvalue weighted by atomic mass is 19.4. The number of halogens is 3. The molecule has 0 saturated carbocycles. The quantitative estimate of drug-likeness (QED) is 0.342. The van der Waals surface area contributed by atoms with E-state index >= 15 is 0 Å². The number of rotatable bonds is 4. The van der Waals surface area contributed by atoms with Gasteiger partial charge in [-0.15, -0.1) is 0 Å². The second kappa shape index (κ2) is 9.30. The Bertz CT molecular complexity index is 1220. The van der Waals surface area contributed by atoms with Crippen LogP contribution in [0.1, 0.15) is 16.7 Å². The minimum Gasteiger partial charge on any atom is -0.398 e. The Morgan fingerprint density at radius 2 is 1.62 bits per heavy atom. The summed E-state index contributed by atoms with van der Waals surface area (Å²) < 4.78 is 41.3. The largest absolute Gasteiger partial charge is 0.417 e. The highest BCUT2D eigenvalue weighted by molar-refractivity contribution is 6.03. The topological polar surface area (TPSA) is 96.7 Å². The van der Waals surface area contributed by atoms with Crippen molar-refractivity contribution in [1.29, 1.82) is 0 Å². The molecule has 34 heavy (non-hydrogen) atoms. The lowest BCUT2D eigenvalue weighted by atomic mass is 10.1. The molecule has 1 aliphatic heterocycles. The number of nitrogens with two attached hydrogens (primary N) is 2. The Balaban J connectivity index is 1.89. The van der Waals surface area contributed by atoms with Gasteiger partial charge in [-0.3, -0.25) is 0 Å². The minimum atomic E-state index is -4.56. The summed E-state index contributed by atoms with van der Waals surface area (Å²) in [6, 6.07) is 12.3. The van der Waals surface area contributed by atoms with Crippen molar-refractivity contribution in [2.45, 2.75) is 13.1 Å². The fraction of sp³-hybridized carbons (Fsp3) is 0.292. The lowest BCUT2D eigenvalue weighted by molar-refractivity contribution is -0.137. The normalized spacial score (nSPS) is 15.6. The van der Waals surface area contributed by atoms with Crippen LogP contribution in [0.5, 0.6) is 0 Å². The van der Waals surface area contributed by atoms with Gasteiger partial charge >= 0.3 is 6.18 Å². The molecular formula is C24H26F3N7. The number of likely N-dealkylation sites (N-methyl/N-ethyl adjacent to an activating group) is 1. The predicted molar refractivity (Wildman–Crippen MR) is 128 cm³/mol. The van der Waals surface area contributed by atoms with Crippen LogP contribution < -0.4 is 16.4 Å². The van der Waals surface area contributed by atoms with Gasteiger partial charge in [0.2, 0.25) is 0 Å². The third-order valence-electron chi connectivity index (χ3n) is 5.83. The average molecular weight is 470 g/mol. The lowest BCUT2D eigenvalue weighted by Gasteiger charge is -2.34. The van der Waals surface area contributed by atoms with Crippen molar-refractivity contribution in [3.05, 3.63) is 65.2 Å². The summed E-state index contributed by atoms with van der Waals surface area (Å²) in [6.45, 7) is 4.77. The Labute approximate surface area is 195 Å². The standard InChI is InChI=1S/C24H26F3N7/c1-15-21(30-20(29)17-8-4-6-10-19(17)28)31-22(16-7-3-5-9-18(16)24(25,26)27)32-23(15)34-13-11-33(2)12-14-34/h3-10H,11-14,28H2,1-2H3,(H2,29,30,31,32). The third kappa shape index (κ3) is 4.81. The van der Waals surface area contributed by atoms with E-state index in [1.807, 2.05) is 11.9 Å². The molecule has 0 spiro atoms. The van der Waals surface area contributed by atoms with Gasteiger partial charge in [0.05, 0.1) is 5.56 Å².